The number of rotatable bonds is 3. The van der Waals surface area contributed by atoms with E-state index in [0.717, 1.165) is 105 Å². The third-order valence-corrected chi connectivity index (χ3v) is 10.9. The fourth-order valence-corrected chi connectivity index (χ4v) is 8.31. The summed E-state index contributed by atoms with van der Waals surface area (Å²) in [6.07, 6.45) is 4.05. The summed E-state index contributed by atoms with van der Waals surface area (Å²) >= 11 is 0. The van der Waals surface area contributed by atoms with Crippen LogP contribution in [-0.2, 0) is 0 Å². The van der Waals surface area contributed by atoms with Crippen molar-refractivity contribution in [2.75, 3.05) is 0 Å². The molecule has 0 spiro atoms. The van der Waals surface area contributed by atoms with Crippen LogP contribution in [-0.4, -0.2) is 14.4 Å². The predicted octanol–water partition coefficient (Wildman–Crippen LogP) is 13.0. The van der Waals surface area contributed by atoms with E-state index in [2.05, 4.69) is 138 Å². The summed E-state index contributed by atoms with van der Waals surface area (Å²) in [4.78, 5) is 10.1. The maximum Gasteiger partial charge on any atom is 0.138 e. The first-order valence-electron chi connectivity index (χ1n) is 17.8. The standard InChI is InChI=1S/C48H27N3O2/c1-2-10-37-33(7-1)39-24-32(41-25-30(19-21-49-41)29-13-16-36-34-8-3-5-11-42(34)53-45(36)26-29)14-17-38(39)48-47(37)50-46-27-31(20-22-51(46)48)28-15-18-44-40(23-28)35-9-4-6-12-43(35)52-44/h1-27H. The van der Waals surface area contributed by atoms with Gasteiger partial charge in [0.25, 0.3) is 0 Å². The smallest absolute Gasteiger partial charge is 0.138 e. The van der Waals surface area contributed by atoms with Gasteiger partial charge in [0.1, 0.15) is 28.0 Å². The summed E-state index contributed by atoms with van der Waals surface area (Å²) in [7, 11) is 0. The van der Waals surface area contributed by atoms with E-state index in [1.54, 1.807) is 0 Å². The van der Waals surface area contributed by atoms with Gasteiger partial charge in [-0.15, -0.1) is 0 Å². The fraction of sp³-hybridized carbons (Fsp3) is 0. The van der Waals surface area contributed by atoms with E-state index in [1.807, 2.05) is 30.5 Å². The van der Waals surface area contributed by atoms with Crippen LogP contribution in [0.1, 0.15) is 0 Å². The molecule has 7 aromatic carbocycles. The SMILES string of the molecule is c1ccc2c(c1)oc1cc(-c3ccnc(-c4ccc5c(c4)c4ccccc4c4nc6cc(-c7ccc8oc9ccccc9c8c7)ccn6c54)c3)ccc12. The molecule has 12 aromatic rings. The maximum absolute atomic E-state index is 6.21. The Kier molecular flexibility index (Phi) is 5.71. The highest BCUT2D eigenvalue weighted by Gasteiger charge is 2.17. The number of imidazole rings is 1. The fourth-order valence-electron chi connectivity index (χ4n) is 8.31. The first-order valence-corrected chi connectivity index (χ1v) is 17.8. The maximum atomic E-state index is 6.21. The van der Waals surface area contributed by atoms with Crippen molar-refractivity contribution >= 4 is 82.1 Å². The number of aromatic nitrogens is 3. The first-order chi connectivity index (χ1) is 26.2. The summed E-state index contributed by atoms with van der Waals surface area (Å²) in [5, 5.41) is 9.12. The number of hydrogen-bond acceptors (Lipinski definition) is 4. The molecular weight excluding hydrogens is 651 g/mol. The van der Waals surface area contributed by atoms with Gasteiger partial charge in [-0.05, 0) is 99.8 Å². The van der Waals surface area contributed by atoms with E-state index in [4.69, 9.17) is 18.8 Å². The van der Waals surface area contributed by atoms with Gasteiger partial charge < -0.3 is 8.83 Å². The summed E-state index contributed by atoms with van der Waals surface area (Å²) in [6.45, 7) is 0. The number of nitrogens with zero attached hydrogens (tertiary/aromatic N) is 3. The lowest BCUT2D eigenvalue weighted by molar-refractivity contribution is 0.668. The van der Waals surface area contributed by atoms with Crippen molar-refractivity contribution in [1.29, 1.82) is 0 Å². The van der Waals surface area contributed by atoms with E-state index < -0.39 is 0 Å². The molecule has 0 aliphatic rings. The molecule has 0 unspecified atom stereocenters. The lowest BCUT2D eigenvalue weighted by atomic mass is 9.96. The lowest BCUT2D eigenvalue weighted by Gasteiger charge is -2.10. The summed E-state index contributed by atoms with van der Waals surface area (Å²) in [5.41, 5.74) is 13.0. The molecule has 0 saturated heterocycles. The molecule has 5 aromatic heterocycles. The number of hydrogen-bond donors (Lipinski definition) is 0. The van der Waals surface area contributed by atoms with E-state index in [9.17, 15) is 0 Å². The normalized spacial score (nSPS) is 12.2. The topological polar surface area (TPSA) is 56.5 Å². The second-order valence-electron chi connectivity index (χ2n) is 13.8. The molecule has 53 heavy (non-hydrogen) atoms. The largest absolute Gasteiger partial charge is 0.456 e. The number of fused-ring (bicyclic) bond motifs is 14. The summed E-state index contributed by atoms with van der Waals surface area (Å²) in [5.74, 6) is 0. The second kappa shape index (κ2) is 10.6. The van der Waals surface area contributed by atoms with Crippen molar-refractivity contribution < 1.29 is 8.83 Å². The van der Waals surface area contributed by atoms with Gasteiger partial charge in [-0.25, -0.2) is 4.98 Å². The van der Waals surface area contributed by atoms with Crippen LogP contribution >= 0.6 is 0 Å². The number of benzene rings is 7. The zero-order valence-corrected chi connectivity index (χ0v) is 28.2. The molecular formula is C48H27N3O2. The van der Waals surface area contributed by atoms with Crippen molar-refractivity contribution in [3.63, 3.8) is 0 Å². The van der Waals surface area contributed by atoms with Crippen LogP contribution in [0.4, 0.5) is 0 Å². The quantitative estimate of drug-likeness (QED) is 0.175. The minimum absolute atomic E-state index is 0.885. The first kappa shape index (κ1) is 28.5. The van der Waals surface area contributed by atoms with E-state index in [0.29, 0.717) is 0 Å². The Morgan fingerprint density at radius 2 is 1.00 bits per heavy atom. The van der Waals surface area contributed by atoms with Gasteiger partial charge in [-0.3, -0.25) is 9.38 Å². The van der Waals surface area contributed by atoms with Crippen molar-refractivity contribution in [3.8, 4) is 33.5 Å². The molecule has 0 N–H and O–H groups in total. The van der Waals surface area contributed by atoms with Gasteiger partial charge in [0.2, 0.25) is 0 Å². The van der Waals surface area contributed by atoms with Gasteiger partial charge in [0.05, 0.1) is 16.7 Å². The van der Waals surface area contributed by atoms with Crippen molar-refractivity contribution in [3.05, 3.63) is 164 Å². The Morgan fingerprint density at radius 3 is 1.87 bits per heavy atom. The Bertz CT molecular complexity index is 3480. The van der Waals surface area contributed by atoms with Gasteiger partial charge in [0.15, 0.2) is 0 Å². The zero-order chi connectivity index (χ0) is 34.6. The van der Waals surface area contributed by atoms with Crippen LogP contribution in [0.2, 0.25) is 0 Å². The van der Waals surface area contributed by atoms with Gasteiger partial charge in [-0.1, -0.05) is 84.9 Å². The molecule has 0 bridgehead atoms. The molecule has 0 atom stereocenters. The van der Waals surface area contributed by atoms with Crippen molar-refractivity contribution in [1.82, 2.24) is 14.4 Å². The average molecular weight is 678 g/mol. The second-order valence-corrected chi connectivity index (χ2v) is 13.8. The molecule has 12 rings (SSSR count). The molecule has 0 fully saturated rings. The highest BCUT2D eigenvalue weighted by Crippen LogP contribution is 2.39. The highest BCUT2D eigenvalue weighted by atomic mass is 16.3. The Morgan fingerprint density at radius 1 is 0.396 bits per heavy atom. The minimum atomic E-state index is 0.885. The summed E-state index contributed by atoms with van der Waals surface area (Å²) in [6, 6.07) is 53.2. The molecule has 0 radical (unpaired) electrons. The lowest BCUT2D eigenvalue weighted by Crippen LogP contribution is -1.90. The minimum Gasteiger partial charge on any atom is -0.456 e. The van der Waals surface area contributed by atoms with Crippen LogP contribution in [0, 0.1) is 0 Å². The third kappa shape index (κ3) is 4.19. The Labute approximate surface area is 302 Å². The van der Waals surface area contributed by atoms with Crippen LogP contribution in [0.25, 0.3) is 116 Å². The van der Waals surface area contributed by atoms with E-state index in [-0.39, 0.29) is 0 Å². The van der Waals surface area contributed by atoms with Crippen LogP contribution in [0.3, 0.4) is 0 Å². The number of para-hydroxylation sites is 2. The molecule has 5 heteroatoms. The van der Waals surface area contributed by atoms with Gasteiger partial charge in [-0.2, -0.15) is 0 Å². The van der Waals surface area contributed by atoms with Crippen molar-refractivity contribution in [2.45, 2.75) is 0 Å². The van der Waals surface area contributed by atoms with Gasteiger partial charge in [0, 0.05) is 50.3 Å². The summed E-state index contributed by atoms with van der Waals surface area (Å²) < 4.78 is 14.5. The molecule has 0 aliphatic heterocycles. The molecule has 5 heterocycles. The van der Waals surface area contributed by atoms with Crippen LogP contribution < -0.4 is 0 Å². The average Bonchev–Trinajstić information content (AvgIpc) is 3.91. The Balaban J connectivity index is 0.995. The molecule has 0 aliphatic carbocycles. The monoisotopic (exact) mass is 677 g/mol. The third-order valence-electron chi connectivity index (χ3n) is 10.9. The number of furan rings is 2. The van der Waals surface area contributed by atoms with Crippen molar-refractivity contribution in [2.24, 2.45) is 0 Å². The number of pyridine rings is 2. The van der Waals surface area contributed by atoms with Gasteiger partial charge >= 0.3 is 0 Å². The van der Waals surface area contributed by atoms with Crippen LogP contribution in [0.5, 0.6) is 0 Å². The predicted molar refractivity (Wildman–Crippen MR) is 216 cm³/mol. The molecule has 5 nitrogen and oxygen atoms in total. The molecule has 0 amide bonds. The highest BCUT2D eigenvalue weighted by molar-refractivity contribution is 6.24. The molecule has 0 saturated carbocycles. The zero-order valence-electron chi connectivity index (χ0n) is 28.2. The van der Waals surface area contributed by atoms with Crippen LogP contribution in [0.15, 0.2) is 173 Å². The molecule has 246 valence electrons. The van der Waals surface area contributed by atoms with E-state index >= 15 is 0 Å². The van der Waals surface area contributed by atoms with E-state index in [1.165, 1.54) is 10.8 Å². The Hall–Kier alpha value is -7.24.